The summed E-state index contributed by atoms with van der Waals surface area (Å²) < 4.78 is 25.7. The number of anilines is 1. The van der Waals surface area contributed by atoms with Gasteiger partial charge in [-0.05, 0) is 42.3 Å². The number of hydrogen-bond donors (Lipinski definition) is 2. The maximum Gasteiger partial charge on any atom is 0.255 e. The molecule has 1 aromatic carbocycles. The number of nitrogens with one attached hydrogen (secondary N) is 1. The number of fused-ring (bicyclic) bond motifs is 1. The number of allylic oxidation sites excluding steroid dienone is 2. The first-order valence-electron chi connectivity index (χ1n) is 9.59. The number of ether oxygens (including phenoxy) is 2. The Kier molecular flexibility index (Phi) is 5.03. The minimum absolute atomic E-state index is 0.115. The molecule has 1 aliphatic carbocycles. The molecule has 0 spiro atoms. The first kappa shape index (κ1) is 20.0. The number of carbonyl (C=O) groups is 1. The molecule has 2 aromatic rings. The number of rotatable bonds is 4. The van der Waals surface area contributed by atoms with Gasteiger partial charge in [-0.25, -0.2) is 14.4 Å². The lowest BCUT2D eigenvalue weighted by molar-refractivity contribution is 0.00745. The van der Waals surface area contributed by atoms with Gasteiger partial charge in [-0.1, -0.05) is 12.1 Å². The molecule has 2 heterocycles. The zero-order valence-electron chi connectivity index (χ0n) is 17.0. The Morgan fingerprint density at radius 3 is 2.83 bits per heavy atom. The molecule has 8 heteroatoms. The van der Waals surface area contributed by atoms with Gasteiger partial charge in [-0.2, -0.15) is 0 Å². The van der Waals surface area contributed by atoms with E-state index in [9.17, 15) is 9.18 Å². The highest BCUT2D eigenvalue weighted by Gasteiger charge is 2.47. The van der Waals surface area contributed by atoms with Gasteiger partial charge in [0.25, 0.3) is 5.91 Å². The van der Waals surface area contributed by atoms with Crippen LogP contribution in [0, 0.1) is 6.92 Å². The topological polar surface area (TPSA) is 99.4 Å². The van der Waals surface area contributed by atoms with E-state index in [-0.39, 0.29) is 24.1 Å². The molecule has 1 aliphatic heterocycles. The normalized spacial score (nSPS) is 23.2. The number of halogens is 1. The van der Waals surface area contributed by atoms with Crippen molar-refractivity contribution in [3.63, 3.8) is 0 Å². The second-order valence-corrected chi connectivity index (χ2v) is 7.40. The van der Waals surface area contributed by atoms with Crippen LogP contribution in [-0.4, -0.2) is 41.7 Å². The second-order valence-electron chi connectivity index (χ2n) is 7.40. The van der Waals surface area contributed by atoms with Crippen LogP contribution in [0.2, 0.25) is 0 Å². The van der Waals surface area contributed by atoms with Gasteiger partial charge in [0.1, 0.15) is 17.2 Å². The fourth-order valence-electron chi connectivity index (χ4n) is 4.32. The molecule has 30 heavy (non-hydrogen) atoms. The number of benzene rings is 1. The Morgan fingerprint density at radius 2 is 2.10 bits per heavy atom. The smallest absolute Gasteiger partial charge is 0.255 e. The number of methoxy groups -OCH3 is 2. The second kappa shape index (κ2) is 7.53. The van der Waals surface area contributed by atoms with Gasteiger partial charge in [0.2, 0.25) is 5.95 Å². The largest absolute Gasteiger partial charge is 0.497 e. The lowest BCUT2D eigenvalue weighted by atomic mass is 9.74. The van der Waals surface area contributed by atoms with E-state index in [2.05, 4.69) is 15.3 Å². The lowest BCUT2D eigenvalue weighted by Crippen LogP contribution is -2.58. The molecule has 0 saturated carbocycles. The van der Waals surface area contributed by atoms with Crippen LogP contribution in [0.3, 0.4) is 0 Å². The monoisotopic (exact) mass is 410 g/mol. The summed E-state index contributed by atoms with van der Waals surface area (Å²) in [5.74, 6) is 0.104. The van der Waals surface area contributed by atoms with Gasteiger partial charge in [-0.3, -0.25) is 4.79 Å². The highest BCUT2D eigenvalue weighted by atomic mass is 19.1. The highest BCUT2D eigenvalue weighted by molar-refractivity contribution is 5.98. The van der Waals surface area contributed by atoms with E-state index in [1.165, 1.54) is 12.2 Å². The van der Waals surface area contributed by atoms with E-state index in [0.717, 1.165) is 5.56 Å². The molecule has 2 aliphatic rings. The van der Waals surface area contributed by atoms with Gasteiger partial charge >= 0.3 is 0 Å². The summed E-state index contributed by atoms with van der Waals surface area (Å²) >= 11 is 0. The van der Waals surface area contributed by atoms with Crippen molar-refractivity contribution in [3.05, 3.63) is 64.8 Å². The minimum atomic E-state index is -0.997. The molecule has 1 unspecified atom stereocenters. The van der Waals surface area contributed by atoms with Crippen LogP contribution >= 0.6 is 0 Å². The average molecular weight is 410 g/mol. The Hall–Kier alpha value is -3.26. The van der Waals surface area contributed by atoms with Crippen molar-refractivity contribution in [2.24, 2.45) is 0 Å². The van der Waals surface area contributed by atoms with E-state index in [4.69, 9.17) is 15.2 Å². The summed E-state index contributed by atoms with van der Waals surface area (Å²) in [6.07, 6.45) is 3.54. The van der Waals surface area contributed by atoms with E-state index in [0.29, 0.717) is 34.7 Å². The molecule has 7 nitrogen and oxygen atoms in total. The quantitative estimate of drug-likeness (QED) is 0.804. The predicted octanol–water partition coefficient (Wildman–Crippen LogP) is 2.76. The Morgan fingerprint density at radius 1 is 1.30 bits per heavy atom. The summed E-state index contributed by atoms with van der Waals surface area (Å²) in [6.45, 7) is 1.73. The molecular weight excluding hydrogens is 387 g/mol. The number of nitrogens with two attached hydrogens (primary N) is 1. The van der Waals surface area contributed by atoms with Crippen molar-refractivity contribution in [2.75, 3.05) is 20.0 Å². The van der Waals surface area contributed by atoms with Crippen molar-refractivity contribution < 1.29 is 18.7 Å². The number of aryl methyl sites for hydroxylation is 1. The molecule has 1 aromatic heterocycles. The number of hydrogen-bond acceptors (Lipinski definition) is 6. The van der Waals surface area contributed by atoms with Crippen molar-refractivity contribution in [2.45, 2.75) is 31.4 Å². The van der Waals surface area contributed by atoms with E-state index in [1.807, 2.05) is 24.3 Å². The fraction of sp³-hybridized carbons (Fsp3) is 0.318. The maximum atomic E-state index is 14.3. The van der Waals surface area contributed by atoms with Gasteiger partial charge in [0.05, 0.1) is 30.1 Å². The predicted molar refractivity (Wildman–Crippen MR) is 111 cm³/mol. The lowest BCUT2D eigenvalue weighted by Gasteiger charge is -2.44. The molecule has 2 atom stereocenters. The van der Waals surface area contributed by atoms with Gasteiger partial charge in [0, 0.05) is 20.0 Å². The molecular formula is C22H23FN4O3. The summed E-state index contributed by atoms with van der Waals surface area (Å²) in [7, 11) is 3.13. The molecule has 0 saturated heterocycles. The molecule has 156 valence electrons. The third-order valence-corrected chi connectivity index (χ3v) is 5.76. The molecule has 1 amide bonds. The fourth-order valence-corrected chi connectivity index (χ4v) is 4.32. The number of carbonyl (C=O) groups excluding carboxylic acids is 1. The third kappa shape index (κ3) is 3.23. The van der Waals surface area contributed by atoms with Gasteiger partial charge in [0.15, 0.2) is 0 Å². The maximum absolute atomic E-state index is 14.3. The Bertz CT molecular complexity index is 1080. The molecule has 4 rings (SSSR count). The summed E-state index contributed by atoms with van der Waals surface area (Å²) in [4.78, 5) is 21.3. The standard InChI is InChI=1S/C22H23FN4O3/c1-12-19-17(26-21(24)25-12)11-18(27-20(19)28)22(30-3)8-7-14(23)10-16(22)13-5-4-6-15(9-13)29-2/h4-7,9-10,18H,8,11H2,1-3H3,(H,27,28)(H2,24,25,26)/t18-,22?/m1/s1. The first-order valence-corrected chi connectivity index (χ1v) is 9.59. The number of aromatic nitrogens is 2. The van der Waals surface area contributed by atoms with Gasteiger partial charge < -0.3 is 20.5 Å². The van der Waals surface area contributed by atoms with Crippen molar-refractivity contribution in [3.8, 4) is 5.75 Å². The van der Waals surface area contributed by atoms with E-state index in [1.54, 1.807) is 21.1 Å². The van der Waals surface area contributed by atoms with Crippen LogP contribution in [0.1, 0.15) is 33.7 Å². The van der Waals surface area contributed by atoms with Crippen LogP contribution in [-0.2, 0) is 11.2 Å². The van der Waals surface area contributed by atoms with Crippen molar-refractivity contribution >= 4 is 17.4 Å². The zero-order chi connectivity index (χ0) is 21.5. The number of nitrogen functional groups attached to an aromatic ring is 1. The van der Waals surface area contributed by atoms with Crippen molar-refractivity contribution in [1.29, 1.82) is 0 Å². The van der Waals surface area contributed by atoms with E-state index >= 15 is 0 Å². The van der Waals surface area contributed by atoms with Crippen LogP contribution in [0.25, 0.3) is 5.57 Å². The molecule has 0 radical (unpaired) electrons. The summed E-state index contributed by atoms with van der Waals surface area (Å²) in [5.41, 5.74) is 7.70. The van der Waals surface area contributed by atoms with Gasteiger partial charge in [-0.15, -0.1) is 0 Å². The SMILES string of the molecule is COc1cccc(C2=CC(F)=CCC2(OC)[C@H]2Cc3nc(N)nc(C)c3C(=O)N2)c1. The van der Waals surface area contributed by atoms with E-state index < -0.39 is 11.6 Å². The van der Waals surface area contributed by atoms with Crippen LogP contribution in [0.5, 0.6) is 5.75 Å². The zero-order valence-corrected chi connectivity index (χ0v) is 17.0. The summed E-state index contributed by atoms with van der Waals surface area (Å²) in [5, 5.41) is 3.03. The first-order chi connectivity index (χ1) is 14.4. The number of amides is 1. The molecule has 0 bridgehead atoms. The van der Waals surface area contributed by atoms with Crippen molar-refractivity contribution in [1.82, 2.24) is 15.3 Å². The van der Waals surface area contributed by atoms with Crippen LogP contribution < -0.4 is 15.8 Å². The summed E-state index contributed by atoms with van der Waals surface area (Å²) in [6, 6.07) is 6.84. The third-order valence-electron chi connectivity index (χ3n) is 5.76. The molecule has 0 fully saturated rings. The Balaban J connectivity index is 1.82. The Labute approximate surface area is 173 Å². The van der Waals surface area contributed by atoms with Crippen LogP contribution in [0.15, 0.2) is 42.2 Å². The average Bonchev–Trinajstić information content (AvgIpc) is 2.73. The number of nitrogens with zero attached hydrogens (tertiary/aromatic N) is 2. The highest BCUT2D eigenvalue weighted by Crippen LogP contribution is 2.43. The minimum Gasteiger partial charge on any atom is -0.497 e. The molecule has 3 N–H and O–H groups in total. The van der Waals surface area contributed by atoms with Crippen LogP contribution in [0.4, 0.5) is 10.3 Å².